The summed E-state index contributed by atoms with van der Waals surface area (Å²) in [5.74, 6) is 0.630. The molecule has 2 saturated heterocycles. The summed E-state index contributed by atoms with van der Waals surface area (Å²) in [4.78, 5) is 24.2. The van der Waals surface area contributed by atoms with Gasteiger partial charge in [0.15, 0.2) is 0 Å². The van der Waals surface area contributed by atoms with Crippen LogP contribution in [0.5, 0.6) is 11.5 Å². The number of methoxy groups -OCH3 is 2. The standard InChI is InChI=1S/2C14H17N3O2.2ClH/c2*1-19-13-8-10(2-3-11(13)9-15)14(18)17-12-4-6-16-7-5-12;;/h2*2-3,8,12,16H,4-7H2,1H3,(H,17,18);2*1H. The lowest BCUT2D eigenvalue weighted by Gasteiger charge is -2.23. The molecule has 0 saturated carbocycles. The summed E-state index contributed by atoms with van der Waals surface area (Å²) in [5.41, 5.74) is 1.91. The largest absolute Gasteiger partial charge is 0.495 e. The molecule has 10 nitrogen and oxygen atoms in total. The molecule has 2 fully saturated rings. The Hall–Kier alpha value is -3.54. The number of hydrogen-bond donors (Lipinski definition) is 4. The second-order valence-corrected chi connectivity index (χ2v) is 9.05. The fraction of sp³-hybridized carbons (Fsp3) is 0.429. The molecule has 4 rings (SSSR count). The molecule has 0 bridgehead atoms. The van der Waals surface area contributed by atoms with Crippen molar-refractivity contribution in [2.24, 2.45) is 0 Å². The molecular weight excluding hydrogens is 555 g/mol. The Bertz CT molecular complexity index is 1110. The maximum absolute atomic E-state index is 12.1. The number of ether oxygens (including phenoxy) is 2. The van der Waals surface area contributed by atoms with Gasteiger partial charge >= 0.3 is 0 Å². The van der Waals surface area contributed by atoms with Crippen molar-refractivity contribution in [3.8, 4) is 23.6 Å². The minimum atomic E-state index is -0.116. The number of hydrogen-bond acceptors (Lipinski definition) is 8. The molecule has 0 radical (unpaired) electrons. The fourth-order valence-corrected chi connectivity index (χ4v) is 4.32. The Morgan fingerprint density at radius 3 is 1.38 bits per heavy atom. The van der Waals surface area contributed by atoms with Gasteiger partial charge < -0.3 is 30.7 Å². The molecule has 4 N–H and O–H groups in total. The SMILES string of the molecule is COc1cc(C(=O)NC2CCNCC2)ccc1C#N.COc1cc(C(=O)NC2CCNCC2)ccc1C#N.Cl.Cl. The monoisotopic (exact) mass is 590 g/mol. The van der Waals surface area contributed by atoms with E-state index in [1.807, 2.05) is 12.1 Å². The van der Waals surface area contributed by atoms with E-state index in [1.54, 1.807) is 36.4 Å². The van der Waals surface area contributed by atoms with Crippen LogP contribution in [0, 0.1) is 22.7 Å². The molecule has 0 unspecified atom stereocenters. The molecular formula is C28H36Cl2N6O4. The highest BCUT2D eigenvalue weighted by Gasteiger charge is 2.18. The fourth-order valence-electron chi connectivity index (χ4n) is 4.32. The molecule has 2 heterocycles. The van der Waals surface area contributed by atoms with Gasteiger partial charge in [-0.1, -0.05) is 0 Å². The third-order valence-electron chi connectivity index (χ3n) is 6.52. The topological polar surface area (TPSA) is 148 Å². The molecule has 2 aliphatic rings. The molecule has 0 atom stereocenters. The first-order chi connectivity index (χ1) is 18.5. The van der Waals surface area contributed by atoms with Gasteiger partial charge in [0, 0.05) is 23.2 Å². The number of halogens is 2. The van der Waals surface area contributed by atoms with Gasteiger partial charge in [0.25, 0.3) is 11.8 Å². The van der Waals surface area contributed by atoms with Gasteiger partial charge in [-0.3, -0.25) is 9.59 Å². The van der Waals surface area contributed by atoms with E-state index in [0.717, 1.165) is 51.9 Å². The summed E-state index contributed by atoms with van der Waals surface area (Å²) < 4.78 is 10.2. The lowest BCUT2D eigenvalue weighted by molar-refractivity contribution is 0.0920. The van der Waals surface area contributed by atoms with Crippen LogP contribution in [0.2, 0.25) is 0 Å². The number of carbonyl (C=O) groups is 2. The van der Waals surface area contributed by atoms with E-state index >= 15 is 0 Å². The van der Waals surface area contributed by atoms with Crippen LogP contribution >= 0.6 is 24.8 Å². The van der Waals surface area contributed by atoms with E-state index in [-0.39, 0.29) is 48.7 Å². The normalized spacial score (nSPS) is 14.8. The number of nitrogens with zero attached hydrogens (tertiary/aromatic N) is 2. The van der Waals surface area contributed by atoms with Gasteiger partial charge in [0.05, 0.1) is 25.3 Å². The Morgan fingerprint density at radius 2 is 1.07 bits per heavy atom. The summed E-state index contributed by atoms with van der Waals surface area (Å²) in [5, 5.41) is 30.3. The molecule has 40 heavy (non-hydrogen) atoms. The predicted molar refractivity (Wildman–Crippen MR) is 157 cm³/mol. The minimum Gasteiger partial charge on any atom is -0.495 e. The van der Waals surface area contributed by atoms with E-state index in [1.165, 1.54) is 14.2 Å². The molecule has 12 heteroatoms. The Kier molecular flexibility index (Phi) is 15.5. The highest BCUT2D eigenvalue weighted by Crippen LogP contribution is 2.20. The van der Waals surface area contributed by atoms with Crippen molar-refractivity contribution in [3.63, 3.8) is 0 Å². The summed E-state index contributed by atoms with van der Waals surface area (Å²) >= 11 is 0. The number of carbonyl (C=O) groups excluding carboxylic acids is 2. The number of nitrogens with one attached hydrogen (secondary N) is 4. The maximum atomic E-state index is 12.1. The molecule has 0 aromatic heterocycles. The lowest BCUT2D eigenvalue weighted by Crippen LogP contribution is -2.42. The Morgan fingerprint density at radius 1 is 0.725 bits per heavy atom. The average molecular weight is 592 g/mol. The van der Waals surface area contributed by atoms with E-state index in [9.17, 15) is 9.59 Å². The number of piperidine rings is 2. The van der Waals surface area contributed by atoms with Gasteiger partial charge in [-0.2, -0.15) is 10.5 Å². The number of nitriles is 2. The van der Waals surface area contributed by atoms with Crippen LogP contribution in [0.15, 0.2) is 36.4 Å². The quantitative estimate of drug-likeness (QED) is 0.401. The second-order valence-electron chi connectivity index (χ2n) is 9.05. The van der Waals surface area contributed by atoms with E-state index in [4.69, 9.17) is 20.0 Å². The van der Waals surface area contributed by atoms with Gasteiger partial charge in [-0.15, -0.1) is 24.8 Å². The third-order valence-corrected chi connectivity index (χ3v) is 6.52. The summed E-state index contributed by atoms with van der Waals surface area (Å²) in [6.45, 7) is 3.73. The van der Waals surface area contributed by atoms with E-state index < -0.39 is 0 Å². The second kappa shape index (κ2) is 17.9. The van der Waals surface area contributed by atoms with Crippen LogP contribution in [0.1, 0.15) is 57.5 Å². The molecule has 2 aliphatic heterocycles. The highest BCUT2D eigenvalue weighted by molar-refractivity contribution is 5.95. The van der Waals surface area contributed by atoms with Crippen LogP contribution in [0.25, 0.3) is 0 Å². The van der Waals surface area contributed by atoms with Crippen LogP contribution in [-0.2, 0) is 0 Å². The van der Waals surface area contributed by atoms with E-state index in [0.29, 0.717) is 33.8 Å². The smallest absolute Gasteiger partial charge is 0.251 e. The van der Waals surface area contributed by atoms with Gasteiger partial charge in [-0.05, 0) is 88.3 Å². The van der Waals surface area contributed by atoms with Crippen LogP contribution in [-0.4, -0.2) is 64.3 Å². The van der Waals surface area contributed by atoms with Crippen molar-refractivity contribution in [2.75, 3.05) is 40.4 Å². The van der Waals surface area contributed by atoms with E-state index in [2.05, 4.69) is 21.3 Å². The minimum absolute atomic E-state index is 0. The predicted octanol–water partition coefficient (Wildman–Crippen LogP) is 2.94. The van der Waals surface area contributed by atoms with Crippen molar-refractivity contribution in [1.29, 1.82) is 10.5 Å². The zero-order valence-corrected chi connectivity index (χ0v) is 24.3. The van der Waals surface area contributed by atoms with Crippen molar-refractivity contribution in [3.05, 3.63) is 58.7 Å². The summed E-state index contributed by atoms with van der Waals surface area (Å²) in [7, 11) is 2.98. The maximum Gasteiger partial charge on any atom is 0.251 e. The first-order valence-electron chi connectivity index (χ1n) is 12.7. The van der Waals surface area contributed by atoms with Gasteiger partial charge in [0.1, 0.15) is 23.6 Å². The van der Waals surface area contributed by atoms with Crippen LogP contribution in [0.4, 0.5) is 0 Å². The molecule has 0 spiro atoms. The van der Waals surface area contributed by atoms with Crippen molar-refractivity contribution < 1.29 is 19.1 Å². The van der Waals surface area contributed by atoms with Crippen molar-refractivity contribution in [1.82, 2.24) is 21.3 Å². The van der Waals surface area contributed by atoms with Crippen molar-refractivity contribution in [2.45, 2.75) is 37.8 Å². The zero-order chi connectivity index (χ0) is 27.3. The Labute approximate surface area is 247 Å². The highest BCUT2D eigenvalue weighted by atomic mass is 35.5. The first kappa shape index (κ1) is 34.5. The molecule has 216 valence electrons. The lowest BCUT2D eigenvalue weighted by atomic mass is 10.1. The van der Waals surface area contributed by atoms with Gasteiger partial charge in [-0.25, -0.2) is 0 Å². The Balaban J connectivity index is 0.000000381. The summed E-state index contributed by atoms with van der Waals surface area (Å²) in [6, 6.07) is 14.2. The first-order valence-corrected chi connectivity index (χ1v) is 12.7. The molecule has 2 aromatic rings. The van der Waals surface area contributed by atoms with Crippen LogP contribution in [0.3, 0.4) is 0 Å². The molecule has 2 aromatic carbocycles. The number of benzene rings is 2. The molecule has 0 aliphatic carbocycles. The number of rotatable bonds is 6. The van der Waals surface area contributed by atoms with Gasteiger partial charge in [0.2, 0.25) is 0 Å². The van der Waals surface area contributed by atoms with Crippen molar-refractivity contribution >= 4 is 36.6 Å². The summed E-state index contributed by atoms with van der Waals surface area (Å²) in [6.07, 6.45) is 3.77. The number of amides is 2. The molecule has 2 amide bonds. The third kappa shape index (κ3) is 9.89. The zero-order valence-electron chi connectivity index (χ0n) is 22.6. The van der Waals surface area contributed by atoms with Crippen LogP contribution < -0.4 is 30.7 Å². The average Bonchev–Trinajstić information content (AvgIpc) is 2.97.